The number of ether oxygens (including phenoxy) is 2. The number of nitrogens with zero attached hydrogens (tertiary/aromatic N) is 4. The molecule has 1 aliphatic heterocycles. The van der Waals surface area contributed by atoms with Crippen LogP contribution in [0.4, 0.5) is 22.1 Å². The third kappa shape index (κ3) is 5.73. The van der Waals surface area contributed by atoms with Gasteiger partial charge < -0.3 is 25.4 Å². The number of fused-ring (bicyclic) bond motifs is 1. The molecule has 0 atom stereocenters. The highest BCUT2D eigenvalue weighted by Crippen LogP contribution is 2.27. The predicted octanol–water partition coefficient (Wildman–Crippen LogP) is 3.60. The Kier molecular flexibility index (Phi) is 7.25. The zero-order valence-electron chi connectivity index (χ0n) is 20.1. The lowest BCUT2D eigenvalue weighted by atomic mass is 10.1. The molecule has 10 nitrogen and oxygen atoms in total. The Morgan fingerprint density at radius 1 is 1.06 bits per heavy atom. The van der Waals surface area contributed by atoms with Gasteiger partial charge in [0.2, 0.25) is 5.95 Å². The monoisotopic (exact) mass is 487 g/mol. The van der Waals surface area contributed by atoms with Crippen molar-refractivity contribution in [2.24, 2.45) is 0 Å². The van der Waals surface area contributed by atoms with Crippen molar-refractivity contribution >= 4 is 29.0 Å². The average Bonchev–Trinajstić information content (AvgIpc) is 3.31. The number of urea groups is 1. The summed E-state index contributed by atoms with van der Waals surface area (Å²) < 4.78 is 12.5. The molecule has 0 spiro atoms. The largest absolute Gasteiger partial charge is 0.495 e. The van der Waals surface area contributed by atoms with E-state index in [1.54, 1.807) is 11.6 Å². The van der Waals surface area contributed by atoms with Crippen LogP contribution in [0.2, 0.25) is 0 Å². The van der Waals surface area contributed by atoms with Gasteiger partial charge in [0.05, 0.1) is 26.0 Å². The molecule has 186 valence electrons. The summed E-state index contributed by atoms with van der Waals surface area (Å²) in [4.78, 5) is 19.2. The van der Waals surface area contributed by atoms with E-state index in [2.05, 4.69) is 30.9 Å². The van der Waals surface area contributed by atoms with Crippen molar-refractivity contribution in [1.82, 2.24) is 24.8 Å². The third-order valence-electron chi connectivity index (χ3n) is 5.96. The fraction of sp³-hybridized carbons (Fsp3) is 0.269. The lowest BCUT2D eigenvalue weighted by Gasteiger charge is -2.26. The molecule has 36 heavy (non-hydrogen) atoms. The van der Waals surface area contributed by atoms with Gasteiger partial charge in [-0.15, -0.1) is 5.10 Å². The third-order valence-corrected chi connectivity index (χ3v) is 5.96. The van der Waals surface area contributed by atoms with Gasteiger partial charge in [-0.05, 0) is 42.0 Å². The molecule has 2 aromatic carbocycles. The number of pyridine rings is 1. The fourth-order valence-electron chi connectivity index (χ4n) is 4.08. The second kappa shape index (κ2) is 11.1. The molecule has 2 aromatic heterocycles. The van der Waals surface area contributed by atoms with E-state index in [-0.39, 0.29) is 6.03 Å². The Bertz CT molecular complexity index is 1330. The van der Waals surface area contributed by atoms with E-state index in [0.717, 1.165) is 49.7 Å². The summed E-state index contributed by atoms with van der Waals surface area (Å²) in [5.74, 6) is 1.19. The molecule has 0 saturated carbocycles. The maximum Gasteiger partial charge on any atom is 0.319 e. The molecule has 0 bridgehead atoms. The van der Waals surface area contributed by atoms with Gasteiger partial charge in [-0.3, -0.25) is 4.90 Å². The number of amides is 2. The number of aromatic nitrogens is 3. The van der Waals surface area contributed by atoms with Crippen LogP contribution >= 0.6 is 0 Å². The summed E-state index contributed by atoms with van der Waals surface area (Å²) in [5, 5.41) is 13.6. The van der Waals surface area contributed by atoms with E-state index < -0.39 is 0 Å². The van der Waals surface area contributed by atoms with Gasteiger partial charge in [0.25, 0.3) is 0 Å². The minimum absolute atomic E-state index is 0.223. The summed E-state index contributed by atoms with van der Waals surface area (Å²) in [5.41, 5.74) is 4.13. The Hall–Kier alpha value is -4.15. The number of hydrogen-bond donors (Lipinski definition) is 3. The molecule has 3 N–H and O–H groups in total. The van der Waals surface area contributed by atoms with E-state index in [0.29, 0.717) is 29.6 Å². The van der Waals surface area contributed by atoms with Gasteiger partial charge >= 0.3 is 6.03 Å². The maximum atomic E-state index is 12.4. The Morgan fingerprint density at radius 3 is 2.78 bits per heavy atom. The second-order valence-electron chi connectivity index (χ2n) is 8.40. The molecular weight excluding hydrogens is 458 g/mol. The predicted molar refractivity (Wildman–Crippen MR) is 139 cm³/mol. The first-order valence-electron chi connectivity index (χ1n) is 11.9. The van der Waals surface area contributed by atoms with Gasteiger partial charge in [-0.25, -0.2) is 9.31 Å². The molecule has 3 heterocycles. The van der Waals surface area contributed by atoms with Crippen molar-refractivity contribution in [2.75, 3.05) is 57.1 Å². The van der Waals surface area contributed by atoms with E-state index >= 15 is 0 Å². The van der Waals surface area contributed by atoms with Gasteiger partial charge in [-0.2, -0.15) is 4.98 Å². The van der Waals surface area contributed by atoms with Crippen LogP contribution in [0.25, 0.3) is 16.8 Å². The number of carbonyl (C=O) groups excluding carboxylic acids is 1. The maximum absolute atomic E-state index is 12.4. The van der Waals surface area contributed by atoms with Crippen LogP contribution in [0, 0.1) is 0 Å². The van der Waals surface area contributed by atoms with Crippen molar-refractivity contribution in [3.8, 4) is 16.9 Å². The van der Waals surface area contributed by atoms with Crippen LogP contribution in [0.5, 0.6) is 5.75 Å². The molecule has 0 unspecified atom stereocenters. The SMILES string of the molecule is COc1ccccc1Nc1nc2ccc(-c3cccc(NC(=O)NCCN4CCOCC4)c3)cn2n1. The van der Waals surface area contributed by atoms with Crippen molar-refractivity contribution in [1.29, 1.82) is 0 Å². The standard InChI is InChI=1S/C26H29N7O3/c1-35-23-8-3-2-7-22(23)29-25-30-24-10-9-20(18-33(24)31-25)19-5-4-6-21(17-19)28-26(34)27-11-12-32-13-15-36-16-14-32/h2-10,17-18H,11-16H2,1H3,(H,29,31)(H2,27,28,34). The lowest BCUT2D eigenvalue weighted by molar-refractivity contribution is 0.0388. The molecule has 5 rings (SSSR count). The number of methoxy groups -OCH3 is 1. The Morgan fingerprint density at radius 2 is 1.92 bits per heavy atom. The van der Waals surface area contributed by atoms with Crippen molar-refractivity contribution in [3.63, 3.8) is 0 Å². The first-order valence-corrected chi connectivity index (χ1v) is 11.9. The number of nitrogens with one attached hydrogen (secondary N) is 3. The zero-order valence-corrected chi connectivity index (χ0v) is 20.1. The summed E-state index contributed by atoms with van der Waals surface area (Å²) >= 11 is 0. The van der Waals surface area contributed by atoms with Crippen molar-refractivity contribution < 1.29 is 14.3 Å². The summed E-state index contributed by atoms with van der Waals surface area (Å²) in [6, 6.07) is 19.0. The van der Waals surface area contributed by atoms with Crippen LogP contribution < -0.4 is 20.7 Å². The van der Waals surface area contributed by atoms with Crippen molar-refractivity contribution in [2.45, 2.75) is 0 Å². The summed E-state index contributed by atoms with van der Waals surface area (Å²) in [7, 11) is 1.63. The molecule has 1 saturated heterocycles. The average molecular weight is 488 g/mol. The second-order valence-corrected chi connectivity index (χ2v) is 8.40. The molecule has 10 heteroatoms. The van der Waals surface area contributed by atoms with Crippen LogP contribution in [-0.4, -0.2) is 72.0 Å². The number of hydrogen-bond acceptors (Lipinski definition) is 7. The number of carbonyl (C=O) groups is 1. The molecular formula is C26H29N7O3. The highest BCUT2D eigenvalue weighted by molar-refractivity contribution is 5.90. The quantitative estimate of drug-likeness (QED) is 0.349. The molecule has 1 aliphatic rings. The van der Waals surface area contributed by atoms with Crippen LogP contribution in [0.3, 0.4) is 0 Å². The first kappa shape index (κ1) is 23.6. The molecule has 4 aromatic rings. The highest BCUT2D eigenvalue weighted by atomic mass is 16.5. The van der Waals surface area contributed by atoms with Crippen LogP contribution in [0.15, 0.2) is 66.9 Å². The van der Waals surface area contributed by atoms with Crippen molar-refractivity contribution in [3.05, 3.63) is 66.9 Å². The van der Waals surface area contributed by atoms with E-state index in [1.807, 2.05) is 66.9 Å². The Labute approximate surface area is 209 Å². The lowest BCUT2D eigenvalue weighted by Crippen LogP contribution is -2.42. The number of para-hydroxylation sites is 2. The van der Waals surface area contributed by atoms with Gasteiger partial charge in [0, 0.05) is 43.6 Å². The number of benzene rings is 2. The Balaban J connectivity index is 1.23. The van der Waals surface area contributed by atoms with Gasteiger partial charge in [0.15, 0.2) is 5.65 Å². The topological polar surface area (TPSA) is 105 Å². The molecule has 1 fully saturated rings. The smallest absolute Gasteiger partial charge is 0.319 e. The molecule has 0 aliphatic carbocycles. The van der Waals surface area contributed by atoms with E-state index in [1.165, 1.54) is 0 Å². The highest BCUT2D eigenvalue weighted by Gasteiger charge is 2.11. The van der Waals surface area contributed by atoms with Crippen LogP contribution in [0.1, 0.15) is 0 Å². The van der Waals surface area contributed by atoms with Crippen LogP contribution in [-0.2, 0) is 4.74 Å². The minimum Gasteiger partial charge on any atom is -0.495 e. The zero-order chi connectivity index (χ0) is 24.7. The molecule has 0 radical (unpaired) electrons. The van der Waals surface area contributed by atoms with Gasteiger partial charge in [0.1, 0.15) is 5.75 Å². The minimum atomic E-state index is -0.223. The number of morpholine rings is 1. The van der Waals surface area contributed by atoms with E-state index in [4.69, 9.17) is 9.47 Å². The fourth-order valence-corrected chi connectivity index (χ4v) is 4.08. The number of anilines is 3. The van der Waals surface area contributed by atoms with Gasteiger partial charge in [-0.1, -0.05) is 24.3 Å². The summed E-state index contributed by atoms with van der Waals surface area (Å²) in [6.07, 6.45) is 1.91. The first-order chi connectivity index (χ1) is 17.7. The van der Waals surface area contributed by atoms with E-state index in [9.17, 15) is 4.79 Å². The number of rotatable bonds is 8. The summed E-state index contributed by atoms with van der Waals surface area (Å²) in [6.45, 7) is 4.69. The normalized spacial score (nSPS) is 13.9. The molecule has 2 amide bonds.